The van der Waals surface area contributed by atoms with Crippen molar-refractivity contribution in [3.8, 4) is 28.6 Å². The zero-order chi connectivity index (χ0) is 32.6. The third-order valence-corrected chi connectivity index (χ3v) is 10.4. The number of anilines is 1. The number of hydrogen-bond donors (Lipinski definition) is 3. The number of fused-ring (bicyclic) bond motifs is 5. The largest absolute Gasteiger partial charge is 0.508 e. The van der Waals surface area contributed by atoms with Crippen molar-refractivity contribution >= 4 is 33.4 Å². The number of ether oxygens (including phenoxy) is 2. The summed E-state index contributed by atoms with van der Waals surface area (Å²) in [5.41, 5.74) is 4.44. The summed E-state index contributed by atoms with van der Waals surface area (Å²) in [6, 6.07) is 7.06. The summed E-state index contributed by atoms with van der Waals surface area (Å²) in [6.45, 7) is 2.36. The summed E-state index contributed by atoms with van der Waals surface area (Å²) in [4.78, 5) is 26.7. The van der Waals surface area contributed by atoms with Gasteiger partial charge in [0, 0.05) is 54.7 Å². The van der Waals surface area contributed by atoms with Crippen LogP contribution >= 0.6 is 0 Å². The van der Waals surface area contributed by atoms with Crippen LogP contribution in [-0.4, -0.2) is 89.6 Å². The second kappa shape index (κ2) is 11.1. The van der Waals surface area contributed by atoms with Crippen molar-refractivity contribution in [3.63, 3.8) is 0 Å². The van der Waals surface area contributed by atoms with Crippen molar-refractivity contribution < 1.29 is 32.5 Å². The number of carbonyl (C=O) groups is 1. The van der Waals surface area contributed by atoms with Crippen LogP contribution in [0.3, 0.4) is 0 Å². The molecule has 4 aliphatic heterocycles. The van der Waals surface area contributed by atoms with E-state index in [0.717, 1.165) is 32.2 Å². The fourth-order valence-electron chi connectivity index (χ4n) is 8.43. The predicted molar refractivity (Wildman–Crippen MR) is 170 cm³/mol. The molecule has 0 radical (unpaired) electrons. The highest BCUT2D eigenvalue weighted by atomic mass is 19.1. The van der Waals surface area contributed by atoms with Gasteiger partial charge in [-0.15, -0.1) is 0 Å². The first-order valence-corrected chi connectivity index (χ1v) is 16.0. The minimum atomic E-state index is -1.01. The molecule has 4 aromatic rings. The average Bonchev–Trinajstić information content (AvgIpc) is 3.69. The molecule has 2 bridgehead atoms. The molecule has 13 heteroatoms. The summed E-state index contributed by atoms with van der Waals surface area (Å²) in [7, 11) is 1.33. The van der Waals surface area contributed by atoms with Crippen molar-refractivity contribution in [2.75, 3.05) is 44.8 Å². The monoisotopic (exact) mass is 648 g/mol. The number of nitrogens with one attached hydrogen (secondary N) is 1. The first kappa shape index (κ1) is 30.0. The number of phenols is 1. The molecule has 10 nitrogen and oxygen atoms in total. The lowest BCUT2D eigenvalue weighted by atomic mass is 9.90. The van der Waals surface area contributed by atoms with Crippen LogP contribution in [0.1, 0.15) is 42.5 Å². The topological polar surface area (TPSA) is 126 Å². The van der Waals surface area contributed by atoms with E-state index in [2.05, 4.69) is 15.2 Å². The number of hydrogen-bond acceptors (Lipinski definition) is 9. The molecule has 3 aromatic carbocycles. The fourth-order valence-corrected chi connectivity index (χ4v) is 8.43. The maximum Gasteiger partial charge on any atom is 0.319 e. The zero-order valence-electron chi connectivity index (χ0n) is 25.9. The van der Waals surface area contributed by atoms with Gasteiger partial charge in [-0.1, -0.05) is 12.1 Å². The van der Waals surface area contributed by atoms with Crippen molar-refractivity contribution in [1.82, 2.24) is 20.2 Å². The van der Waals surface area contributed by atoms with E-state index in [0.29, 0.717) is 37.3 Å². The lowest BCUT2D eigenvalue weighted by Crippen LogP contribution is -2.51. The Bertz CT molecular complexity index is 1930. The van der Waals surface area contributed by atoms with Gasteiger partial charge < -0.3 is 30.5 Å². The number of piperazine rings is 1. The highest BCUT2D eigenvalue weighted by Crippen LogP contribution is 2.47. The van der Waals surface area contributed by atoms with Gasteiger partial charge in [0.15, 0.2) is 5.82 Å². The van der Waals surface area contributed by atoms with Gasteiger partial charge in [0.2, 0.25) is 0 Å². The number of carbonyl (C=O) groups excluding carboxylic acids is 1. The van der Waals surface area contributed by atoms with Gasteiger partial charge >= 0.3 is 6.01 Å². The number of methoxy groups -OCH3 is 1. The second-order valence-corrected chi connectivity index (χ2v) is 13.3. The SMILES string of the molecule is COc1c(C(N)=O)c(-c2cc(O)cc3cccc(F)c23)c(F)c2nc(OC[C@@]34CCCN3C[C@H](F)C4)nc(N3CC4CC[C@@H](C3)N4)c12. The fraction of sp³-hybridized carbons (Fsp3) is 0.441. The van der Waals surface area contributed by atoms with Gasteiger partial charge in [0.05, 0.1) is 23.6 Å². The molecule has 246 valence electrons. The molecule has 1 aromatic heterocycles. The van der Waals surface area contributed by atoms with Crippen LogP contribution in [0.25, 0.3) is 32.8 Å². The molecule has 1 amide bonds. The van der Waals surface area contributed by atoms with Gasteiger partial charge in [0.1, 0.15) is 41.4 Å². The minimum Gasteiger partial charge on any atom is -0.508 e. The lowest BCUT2D eigenvalue weighted by molar-refractivity contribution is 0.0998. The Labute approximate surface area is 268 Å². The van der Waals surface area contributed by atoms with Crippen LogP contribution in [0.5, 0.6) is 17.5 Å². The highest BCUT2D eigenvalue weighted by Gasteiger charge is 2.49. The predicted octanol–water partition coefficient (Wildman–Crippen LogP) is 4.44. The molecule has 1 unspecified atom stereocenters. The van der Waals surface area contributed by atoms with Crippen molar-refractivity contribution in [1.29, 1.82) is 0 Å². The van der Waals surface area contributed by atoms with Crippen molar-refractivity contribution in [2.45, 2.75) is 55.9 Å². The number of nitrogens with two attached hydrogens (primary N) is 1. The molecule has 4 N–H and O–H groups in total. The molecule has 47 heavy (non-hydrogen) atoms. The molecule has 0 spiro atoms. The molecule has 5 heterocycles. The van der Waals surface area contributed by atoms with Crippen LogP contribution < -0.4 is 25.4 Å². The van der Waals surface area contributed by atoms with E-state index in [1.807, 2.05) is 4.90 Å². The molecule has 4 fully saturated rings. The highest BCUT2D eigenvalue weighted by molar-refractivity contribution is 6.14. The molecular formula is C34H35F3N6O4. The van der Waals surface area contributed by atoms with Crippen molar-refractivity contribution in [2.24, 2.45) is 5.73 Å². The van der Waals surface area contributed by atoms with Crippen LogP contribution in [0.2, 0.25) is 0 Å². The van der Waals surface area contributed by atoms with E-state index in [1.165, 1.54) is 31.4 Å². The third kappa shape index (κ3) is 4.81. The number of primary amides is 1. The Morgan fingerprint density at radius 1 is 1.15 bits per heavy atom. The first-order chi connectivity index (χ1) is 22.7. The van der Waals surface area contributed by atoms with E-state index >= 15 is 8.78 Å². The summed E-state index contributed by atoms with van der Waals surface area (Å²) in [6.07, 6.45) is 2.99. The van der Waals surface area contributed by atoms with E-state index in [4.69, 9.17) is 20.2 Å². The van der Waals surface area contributed by atoms with Gasteiger partial charge in [-0.25, -0.2) is 13.2 Å². The Balaban J connectivity index is 1.37. The number of aromatic hydroxyl groups is 1. The maximum atomic E-state index is 17.3. The first-order valence-electron chi connectivity index (χ1n) is 16.0. The van der Waals surface area contributed by atoms with Gasteiger partial charge in [-0.05, 0) is 55.8 Å². The Hall–Kier alpha value is -4.36. The summed E-state index contributed by atoms with van der Waals surface area (Å²) in [5.74, 6) is -2.69. The number of rotatable bonds is 7. The van der Waals surface area contributed by atoms with Crippen molar-refractivity contribution in [3.05, 3.63) is 47.5 Å². The molecule has 4 saturated heterocycles. The van der Waals surface area contributed by atoms with Crippen LogP contribution in [-0.2, 0) is 0 Å². The number of nitrogens with zero attached hydrogens (tertiary/aromatic N) is 4. The Morgan fingerprint density at radius 2 is 1.94 bits per heavy atom. The summed E-state index contributed by atoms with van der Waals surface area (Å²) < 4.78 is 59.3. The number of phenolic OH excluding ortho intramolecular Hbond substituents is 1. The quantitative estimate of drug-likeness (QED) is 0.267. The summed E-state index contributed by atoms with van der Waals surface area (Å²) in [5, 5.41) is 14.6. The molecule has 0 aliphatic carbocycles. The van der Waals surface area contributed by atoms with Gasteiger partial charge in [0.25, 0.3) is 5.91 Å². The van der Waals surface area contributed by atoms with Crippen LogP contribution in [0, 0.1) is 11.6 Å². The second-order valence-electron chi connectivity index (χ2n) is 13.3. The molecular weight excluding hydrogens is 613 g/mol. The van der Waals surface area contributed by atoms with E-state index in [9.17, 15) is 14.3 Å². The molecule has 4 atom stereocenters. The molecule has 4 aliphatic rings. The Morgan fingerprint density at radius 3 is 2.68 bits per heavy atom. The van der Waals surface area contributed by atoms with Crippen LogP contribution in [0.15, 0.2) is 30.3 Å². The van der Waals surface area contributed by atoms with E-state index in [-0.39, 0.29) is 69.2 Å². The zero-order valence-corrected chi connectivity index (χ0v) is 25.9. The van der Waals surface area contributed by atoms with Gasteiger partial charge in [-0.2, -0.15) is 9.97 Å². The number of amides is 1. The smallest absolute Gasteiger partial charge is 0.319 e. The Kier molecular flexibility index (Phi) is 7.10. The average molecular weight is 649 g/mol. The van der Waals surface area contributed by atoms with E-state index in [1.54, 1.807) is 6.07 Å². The number of benzene rings is 3. The standard InChI is InChI=1S/C34H35F3N6O4/c1-46-30-26(31(38)45)25(22-11-21(44)10-17-4-2-5-23(36)24(17)22)28(37)29-27(30)32(42-14-19-6-7-20(15-42)39-19)41-33(40-29)47-16-34-8-3-9-43(34)13-18(35)12-34/h2,4-5,10-11,18-20,39,44H,3,6-9,12-16H2,1H3,(H2,38,45)/t18-,19+,20?,34+/m1/s1. The number of alkyl halides is 1. The van der Waals surface area contributed by atoms with Crippen LogP contribution in [0.4, 0.5) is 19.0 Å². The molecule has 0 saturated carbocycles. The third-order valence-electron chi connectivity index (χ3n) is 10.4. The molecule has 8 rings (SSSR count). The van der Waals surface area contributed by atoms with Gasteiger partial charge in [-0.3, -0.25) is 9.69 Å². The lowest BCUT2D eigenvalue weighted by Gasteiger charge is -2.35. The minimum absolute atomic E-state index is 0.0139. The maximum absolute atomic E-state index is 17.3. The normalized spacial score (nSPS) is 25.5. The summed E-state index contributed by atoms with van der Waals surface area (Å²) >= 11 is 0. The van der Waals surface area contributed by atoms with E-state index < -0.39 is 29.3 Å². The number of halogens is 3. The number of aromatic nitrogens is 2.